The van der Waals surface area contributed by atoms with Gasteiger partial charge in [-0.2, -0.15) is 0 Å². The summed E-state index contributed by atoms with van der Waals surface area (Å²) in [5.41, 5.74) is 1.69. The van der Waals surface area contributed by atoms with Gasteiger partial charge in [0.05, 0.1) is 5.69 Å². The molecule has 122 valence electrons. The summed E-state index contributed by atoms with van der Waals surface area (Å²) < 4.78 is 5.44. The predicted octanol–water partition coefficient (Wildman–Crippen LogP) is 1.90. The van der Waals surface area contributed by atoms with Gasteiger partial charge in [0.25, 0.3) is 0 Å². The van der Waals surface area contributed by atoms with Crippen LogP contribution >= 0.6 is 0 Å². The lowest BCUT2D eigenvalue weighted by Gasteiger charge is -2.21. The Balaban J connectivity index is 0.000000561. The first-order valence-corrected chi connectivity index (χ1v) is 8.12. The minimum atomic E-state index is -0.361. The number of amides is 2. The second-order valence-electron chi connectivity index (χ2n) is 4.56. The van der Waals surface area contributed by atoms with E-state index in [1.54, 1.807) is 6.26 Å². The number of hydrogen-bond acceptors (Lipinski definition) is 4. The molecule has 2 N–H and O–H groups in total. The van der Waals surface area contributed by atoms with E-state index in [1.807, 2.05) is 33.8 Å². The number of furan rings is 1. The third kappa shape index (κ3) is 4.23. The molecule has 0 radical (unpaired) electrons. The number of fused-ring (bicyclic) bond motifs is 1. The predicted molar refractivity (Wildman–Crippen MR) is 88.6 cm³/mol. The molecule has 1 aliphatic carbocycles. The van der Waals surface area contributed by atoms with E-state index in [-0.39, 0.29) is 17.9 Å². The number of rotatable bonds is 2. The molecule has 0 saturated carbocycles. The van der Waals surface area contributed by atoms with E-state index in [2.05, 4.69) is 16.7 Å². The van der Waals surface area contributed by atoms with Gasteiger partial charge in [-0.25, -0.2) is 0 Å². The van der Waals surface area contributed by atoms with Crippen LogP contribution in [0.5, 0.6) is 0 Å². The zero-order valence-electron chi connectivity index (χ0n) is 13.9. The Hall–Kier alpha value is -2.04. The van der Waals surface area contributed by atoms with Crippen LogP contribution in [0.2, 0.25) is 0 Å². The molecule has 5 heteroatoms. The summed E-state index contributed by atoms with van der Waals surface area (Å²) in [6.07, 6.45) is 8.65. The minimum Gasteiger partial charge on any atom is -0.462 e. The molecule has 1 atom stereocenters. The first kappa shape index (κ1) is 18.0. The van der Waals surface area contributed by atoms with Gasteiger partial charge in [0.2, 0.25) is 11.8 Å². The van der Waals surface area contributed by atoms with Crippen molar-refractivity contribution in [2.45, 2.75) is 59.4 Å². The molecule has 2 amide bonds. The van der Waals surface area contributed by atoms with Crippen LogP contribution in [-0.2, 0) is 9.59 Å². The van der Waals surface area contributed by atoms with Crippen molar-refractivity contribution >= 4 is 29.7 Å². The lowest BCUT2D eigenvalue weighted by Crippen LogP contribution is -2.48. The molecule has 2 aliphatic rings. The van der Waals surface area contributed by atoms with Gasteiger partial charge in [-0.15, -0.1) is 0 Å². The molecule has 3 rings (SSSR count). The zero-order valence-corrected chi connectivity index (χ0v) is 13.9. The van der Waals surface area contributed by atoms with Gasteiger partial charge >= 0.3 is 0 Å². The van der Waals surface area contributed by atoms with Crippen molar-refractivity contribution in [2.75, 3.05) is 5.32 Å². The van der Waals surface area contributed by atoms with Crippen LogP contribution in [0.25, 0.3) is 12.2 Å². The Morgan fingerprint density at radius 1 is 1.14 bits per heavy atom. The molecule has 5 nitrogen and oxygen atoms in total. The van der Waals surface area contributed by atoms with Gasteiger partial charge in [-0.3, -0.25) is 14.9 Å². The van der Waals surface area contributed by atoms with E-state index in [0.717, 1.165) is 29.2 Å². The molecule has 1 aromatic heterocycles. The summed E-state index contributed by atoms with van der Waals surface area (Å²) in [6, 6.07) is -0.361. The van der Waals surface area contributed by atoms with Gasteiger partial charge in [0, 0.05) is 11.6 Å². The summed E-state index contributed by atoms with van der Waals surface area (Å²) in [7, 11) is 0. The average molecular weight is 306 g/mol. The average Bonchev–Trinajstić information content (AvgIpc) is 2.97. The van der Waals surface area contributed by atoms with Gasteiger partial charge < -0.3 is 9.73 Å². The normalized spacial score (nSPS) is 19.0. The van der Waals surface area contributed by atoms with Gasteiger partial charge in [-0.1, -0.05) is 33.8 Å². The first-order valence-electron chi connectivity index (χ1n) is 8.12. The van der Waals surface area contributed by atoms with Gasteiger partial charge in [0.1, 0.15) is 17.7 Å². The van der Waals surface area contributed by atoms with Gasteiger partial charge in [-0.05, 0) is 25.3 Å². The van der Waals surface area contributed by atoms with Crippen LogP contribution < -0.4 is 21.3 Å². The Labute approximate surface area is 131 Å². The number of nitrogens with one attached hydrogen (secondary N) is 2. The number of piperidine rings is 1. The maximum atomic E-state index is 11.7. The fourth-order valence-electron chi connectivity index (χ4n) is 2.32. The van der Waals surface area contributed by atoms with Crippen LogP contribution in [0.15, 0.2) is 10.7 Å². The maximum absolute atomic E-state index is 11.7. The number of imide groups is 1. The topological polar surface area (TPSA) is 71.3 Å². The number of hydrogen-bond donors (Lipinski definition) is 2. The van der Waals surface area contributed by atoms with E-state index in [9.17, 15) is 9.59 Å². The molecule has 0 spiro atoms. The van der Waals surface area contributed by atoms with Crippen LogP contribution in [0, 0.1) is 0 Å². The highest BCUT2D eigenvalue weighted by molar-refractivity contribution is 6.01. The Morgan fingerprint density at radius 2 is 1.82 bits per heavy atom. The maximum Gasteiger partial charge on any atom is 0.249 e. The summed E-state index contributed by atoms with van der Waals surface area (Å²) in [5.74, 6) is -0.465. The van der Waals surface area contributed by atoms with Crippen molar-refractivity contribution in [1.82, 2.24) is 5.32 Å². The minimum absolute atomic E-state index is 0.202. The SMILES string of the molecule is CC.CC.O=C1CCC(Nc2coc3c2=CCCC=3)C(=O)N1. The Kier molecular flexibility index (Phi) is 7.43. The summed E-state index contributed by atoms with van der Waals surface area (Å²) in [5, 5.41) is 6.50. The van der Waals surface area contributed by atoms with E-state index >= 15 is 0 Å². The van der Waals surface area contributed by atoms with Crippen molar-refractivity contribution in [3.8, 4) is 0 Å². The van der Waals surface area contributed by atoms with Crippen LogP contribution in [0.1, 0.15) is 53.4 Å². The molecule has 1 unspecified atom stereocenters. The van der Waals surface area contributed by atoms with Crippen LogP contribution in [0.4, 0.5) is 5.69 Å². The lowest BCUT2D eigenvalue weighted by atomic mass is 10.1. The summed E-state index contributed by atoms with van der Waals surface area (Å²) in [4.78, 5) is 22.7. The zero-order chi connectivity index (χ0) is 16.5. The van der Waals surface area contributed by atoms with Gasteiger partial charge in [0.15, 0.2) is 0 Å². The summed E-state index contributed by atoms with van der Waals surface area (Å²) in [6.45, 7) is 8.00. The Morgan fingerprint density at radius 3 is 2.50 bits per heavy atom. The smallest absolute Gasteiger partial charge is 0.249 e. The van der Waals surface area contributed by atoms with Crippen molar-refractivity contribution in [2.24, 2.45) is 0 Å². The van der Waals surface area contributed by atoms with Crippen molar-refractivity contribution in [3.05, 3.63) is 16.9 Å². The molecule has 1 fully saturated rings. The first-order chi connectivity index (χ1) is 10.7. The molecule has 1 saturated heterocycles. The molecule has 1 aromatic rings. The number of anilines is 1. The molecular formula is C17H26N2O3. The molecule has 2 heterocycles. The largest absolute Gasteiger partial charge is 0.462 e. The monoisotopic (exact) mass is 306 g/mol. The van der Waals surface area contributed by atoms with Crippen LogP contribution in [-0.4, -0.2) is 17.9 Å². The fourth-order valence-corrected chi connectivity index (χ4v) is 2.32. The summed E-state index contributed by atoms with van der Waals surface area (Å²) >= 11 is 0. The van der Waals surface area contributed by atoms with E-state index in [1.165, 1.54) is 0 Å². The second-order valence-corrected chi connectivity index (χ2v) is 4.56. The number of carbonyl (C=O) groups is 2. The second kappa shape index (κ2) is 9.07. The van der Waals surface area contributed by atoms with E-state index in [4.69, 9.17) is 4.42 Å². The van der Waals surface area contributed by atoms with Crippen molar-refractivity contribution < 1.29 is 14.0 Å². The molecule has 0 aromatic carbocycles. The molecule has 0 bridgehead atoms. The van der Waals surface area contributed by atoms with Crippen molar-refractivity contribution in [3.63, 3.8) is 0 Å². The third-order valence-corrected chi connectivity index (χ3v) is 3.27. The quantitative estimate of drug-likeness (QED) is 0.819. The highest BCUT2D eigenvalue weighted by Gasteiger charge is 2.26. The van der Waals surface area contributed by atoms with Crippen LogP contribution in [0.3, 0.4) is 0 Å². The van der Waals surface area contributed by atoms with Crippen molar-refractivity contribution in [1.29, 1.82) is 0 Å². The Bertz CT molecular complexity index is 616. The lowest BCUT2D eigenvalue weighted by molar-refractivity contribution is -0.133. The molecule has 22 heavy (non-hydrogen) atoms. The molecule has 1 aliphatic heterocycles. The third-order valence-electron chi connectivity index (χ3n) is 3.27. The molecular weight excluding hydrogens is 280 g/mol. The highest BCUT2D eigenvalue weighted by atomic mass is 16.3. The number of carbonyl (C=O) groups excluding carboxylic acids is 2. The highest BCUT2D eigenvalue weighted by Crippen LogP contribution is 2.11. The standard InChI is InChI=1S/C13H14N2O3.2C2H6/c16-12-6-5-9(13(17)15-12)14-10-7-18-11-4-2-1-3-8(10)11;2*1-2/h3-4,7,9,14H,1-2,5-6H2,(H,15,16,17);2*1-2H3. The van der Waals surface area contributed by atoms with E-state index < -0.39 is 0 Å². The fraction of sp³-hybridized carbons (Fsp3) is 0.529. The van der Waals surface area contributed by atoms with E-state index in [0.29, 0.717) is 12.8 Å².